The van der Waals surface area contributed by atoms with Gasteiger partial charge in [0.15, 0.2) is 0 Å². The number of thiazole rings is 1. The lowest BCUT2D eigenvalue weighted by Gasteiger charge is -2.18. The molecule has 1 saturated carbocycles. The van der Waals surface area contributed by atoms with Crippen molar-refractivity contribution in [2.45, 2.75) is 37.5 Å². The number of nitrogens with one attached hydrogen (secondary N) is 2. The topological polar surface area (TPSA) is 74.2 Å². The highest BCUT2D eigenvalue weighted by Gasteiger charge is 2.36. The van der Waals surface area contributed by atoms with Crippen LogP contribution in [-0.2, 0) is 11.8 Å². The summed E-state index contributed by atoms with van der Waals surface area (Å²) in [7, 11) is 0. The van der Waals surface area contributed by atoms with Crippen LogP contribution in [0.4, 0.5) is 33.7 Å². The summed E-state index contributed by atoms with van der Waals surface area (Å²) in [4.78, 5) is 17.4. The zero-order valence-corrected chi connectivity index (χ0v) is 17.5. The van der Waals surface area contributed by atoms with Crippen LogP contribution in [-0.4, -0.2) is 16.1 Å². The summed E-state index contributed by atoms with van der Waals surface area (Å²) in [6, 6.07) is 7.64. The van der Waals surface area contributed by atoms with Crippen molar-refractivity contribution in [2.24, 2.45) is 0 Å². The lowest BCUT2D eigenvalue weighted by molar-refractivity contribution is -0.137. The SMILES string of the molecule is O=C(Nc1ccc(-c2cnc(C3(O)CCCC3)s2)cc1)Nc1cc(C(F)(F)F)ccc1F. The Morgan fingerprint density at radius 1 is 1.06 bits per heavy atom. The summed E-state index contributed by atoms with van der Waals surface area (Å²) >= 11 is 1.41. The molecule has 0 spiro atoms. The number of alkyl halides is 3. The minimum Gasteiger partial charge on any atom is -0.383 e. The van der Waals surface area contributed by atoms with Crippen molar-refractivity contribution in [1.29, 1.82) is 0 Å². The zero-order chi connectivity index (χ0) is 22.9. The van der Waals surface area contributed by atoms with E-state index in [-0.39, 0.29) is 0 Å². The Bertz CT molecular complexity index is 1120. The van der Waals surface area contributed by atoms with Crippen LogP contribution >= 0.6 is 11.3 Å². The van der Waals surface area contributed by atoms with Gasteiger partial charge in [0.25, 0.3) is 0 Å². The summed E-state index contributed by atoms with van der Waals surface area (Å²) in [5.74, 6) is -0.978. The number of carbonyl (C=O) groups excluding carboxylic acids is 1. The highest BCUT2D eigenvalue weighted by atomic mass is 32.1. The standard InChI is InChI=1S/C22H19F4N3O2S/c23-16-8-5-14(22(24,25)26)11-17(16)29-20(30)28-15-6-3-13(4-7-15)18-12-27-19(32-18)21(31)9-1-2-10-21/h3-8,11-12,31H,1-2,9-10H2,(H2,28,29,30). The van der Waals surface area contributed by atoms with Gasteiger partial charge in [-0.1, -0.05) is 25.0 Å². The Morgan fingerprint density at radius 3 is 2.41 bits per heavy atom. The Kier molecular flexibility index (Phi) is 5.91. The van der Waals surface area contributed by atoms with E-state index in [4.69, 9.17) is 0 Å². The Morgan fingerprint density at radius 2 is 1.75 bits per heavy atom. The maximum Gasteiger partial charge on any atom is 0.416 e. The minimum atomic E-state index is -4.65. The number of aliphatic hydroxyl groups is 1. The summed E-state index contributed by atoms with van der Waals surface area (Å²) in [6.07, 6.45) is 0.382. The van der Waals surface area contributed by atoms with Gasteiger partial charge in [0.1, 0.15) is 16.4 Å². The lowest BCUT2D eigenvalue weighted by Crippen LogP contribution is -2.20. The fourth-order valence-corrected chi connectivity index (χ4v) is 4.66. The number of nitrogens with zero attached hydrogens (tertiary/aromatic N) is 1. The van der Waals surface area contributed by atoms with Crippen LogP contribution in [0.3, 0.4) is 0 Å². The number of halogens is 4. The molecule has 3 N–H and O–H groups in total. The van der Waals surface area contributed by atoms with Crippen LogP contribution in [0.5, 0.6) is 0 Å². The molecule has 4 rings (SSSR count). The maximum atomic E-state index is 13.8. The van der Waals surface area contributed by atoms with Gasteiger partial charge in [0.2, 0.25) is 0 Å². The molecule has 2 aromatic carbocycles. The summed E-state index contributed by atoms with van der Waals surface area (Å²) in [5, 5.41) is 15.9. The molecule has 1 fully saturated rings. The maximum absolute atomic E-state index is 13.8. The Labute approximate surface area is 185 Å². The Hall–Kier alpha value is -2.98. The highest BCUT2D eigenvalue weighted by molar-refractivity contribution is 7.15. The zero-order valence-electron chi connectivity index (χ0n) is 16.7. The first-order valence-electron chi connectivity index (χ1n) is 9.88. The molecular weight excluding hydrogens is 446 g/mol. The molecule has 10 heteroatoms. The number of anilines is 2. The van der Waals surface area contributed by atoms with Crippen molar-refractivity contribution in [3.63, 3.8) is 0 Å². The van der Waals surface area contributed by atoms with Crippen LogP contribution in [0, 0.1) is 5.82 Å². The van der Waals surface area contributed by atoms with E-state index >= 15 is 0 Å². The smallest absolute Gasteiger partial charge is 0.383 e. The molecule has 0 aliphatic heterocycles. The van der Waals surface area contributed by atoms with Gasteiger partial charge in [-0.25, -0.2) is 14.2 Å². The second-order valence-corrected chi connectivity index (χ2v) is 8.65. The van der Waals surface area contributed by atoms with Crippen molar-refractivity contribution in [1.82, 2.24) is 4.98 Å². The van der Waals surface area contributed by atoms with Gasteiger partial charge >= 0.3 is 12.2 Å². The average molecular weight is 465 g/mol. The van der Waals surface area contributed by atoms with Gasteiger partial charge in [0.05, 0.1) is 16.1 Å². The Balaban J connectivity index is 1.42. The number of amides is 2. The van der Waals surface area contributed by atoms with Crippen molar-refractivity contribution in [2.75, 3.05) is 10.6 Å². The van der Waals surface area contributed by atoms with Crippen LogP contribution in [0.1, 0.15) is 36.3 Å². The second-order valence-electron chi connectivity index (χ2n) is 7.62. The van der Waals surface area contributed by atoms with E-state index in [0.29, 0.717) is 41.7 Å². The number of carbonyl (C=O) groups is 1. The number of aromatic nitrogens is 1. The third kappa shape index (κ3) is 4.76. The molecule has 3 aromatic rings. The van der Waals surface area contributed by atoms with E-state index in [9.17, 15) is 27.5 Å². The number of hydrogen-bond acceptors (Lipinski definition) is 4. The van der Waals surface area contributed by atoms with Gasteiger partial charge in [-0.3, -0.25) is 0 Å². The lowest BCUT2D eigenvalue weighted by atomic mass is 10.0. The van der Waals surface area contributed by atoms with E-state index in [0.717, 1.165) is 23.3 Å². The molecule has 1 aliphatic rings. The molecule has 0 bridgehead atoms. The van der Waals surface area contributed by atoms with E-state index in [1.807, 2.05) is 0 Å². The number of benzene rings is 2. The molecule has 32 heavy (non-hydrogen) atoms. The summed E-state index contributed by atoms with van der Waals surface area (Å²) < 4.78 is 52.2. The molecular formula is C22H19F4N3O2S. The normalized spacial score (nSPS) is 15.5. The minimum absolute atomic E-state index is 0.373. The molecule has 2 amide bonds. The van der Waals surface area contributed by atoms with Gasteiger partial charge in [-0.05, 0) is 48.7 Å². The van der Waals surface area contributed by atoms with E-state index in [1.54, 1.807) is 30.5 Å². The molecule has 0 atom stereocenters. The van der Waals surface area contributed by atoms with E-state index in [1.165, 1.54) is 11.3 Å². The van der Waals surface area contributed by atoms with Gasteiger partial charge in [-0.2, -0.15) is 13.2 Å². The monoisotopic (exact) mass is 465 g/mol. The van der Waals surface area contributed by atoms with Crippen molar-refractivity contribution in [3.05, 3.63) is 65.0 Å². The number of rotatable bonds is 4. The van der Waals surface area contributed by atoms with Crippen molar-refractivity contribution < 1.29 is 27.5 Å². The van der Waals surface area contributed by atoms with Crippen LogP contribution < -0.4 is 10.6 Å². The molecule has 5 nitrogen and oxygen atoms in total. The van der Waals surface area contributed by atoms with Crippen LogP contribution in [0.15, 0.2) is 48.7 Å². The third-order valence-corrected chi connectivity index (χ3v) is 6.54. The third-order valence-electron chi connectivity index (χ3n) is 5.30. The molecule has 0 radical (unpaired) electrons. The van der Waals surface area contributed by atoms with Crippen molar-refractivity contribution in [3.8, 4) is 10.4 Å². The number of urea groups is 1. The molecule has 0 saturated heterocycles. The highest BCUT2D eigenvalue weighted by Crippen LogP contribution is 2.42. The molecule has 1 aliphatic carbocycles. The molecule has 1 aromatic heterocycles. The predicted molar refractivity (Wildman–Crippen MR) is 114 cm³/mol. The largest absolute Gasteiger partial charge is 0.416 e. The molecule has 1 heterocycles. The molecule has 168 valence electrons. The van der Waals surface area contributed by atoms with E-state index < -0.39 is 34.9 Å². The number of hydrogen-bond donors (Lipinski definition) is 3. The van der Waals surface area contributed by atoms with Crippen LogP contribution in [0.25, 0.3) is 10.4 Å². The fourth-order valence-electron chi connectivity index (χ4n) is 3.60. The predicted octanol–water partition coefficient (Wildman–Crippen LogP) is 6.37. The quantitative estimate of drug-likeness (QED) is 0.392. The van der Waals surface area contributed by atoms with Gasteiger partial charge < -0.3 is 15.7 Å². The summed E-state index contributed by atoms with van der Waals surface area (Å²) in [6.45, 7) is 0. The van der Waals surface area contributed by atoms with E-state index in [2.05, 4.69) is 15.6 Å². The summed E-state index contributed by atoms with van der Waals surface area (Å²) in [5.41, 5.74) is -1.29. The average Bonchev–Trinajstić information content (AvgIpc) is 3.40. The fraction of sp³-hybridized carbons (Fsp3) is 0.273. The first-order valence-corrected chi connectivity index (χ1v) is 10.7. The first kappa shape index (κ1) is 22.2. The van der Waals surface area contributed by atoms with Gasteiger partial charge in [-0.15, -0.1) is 11.3 Å². The second kappa shape index (κ2) is 8.51. The van der Waals surface area contributed by atoms with Gasteiger partial charge in [0, 0.05) is 11.9 Å². The van der Waals surface area contributed by atoms with Crippen molar-refractivity contribution >= 4 is 28.7 Å². The first-order chi connectivity index (χ1) is 15.1. The van der Waals surface area contributed by atoms with Crippen LogP contribution in [0.2, 0.25) is 0 Å². The molecule has 0 unspecified atom stereocenters.